The van der Waals surface area contributed by atoms with Crippen LogP contribution in [-0.2, 0) is 0 Å². The van der Waals surface area contributed by atoms with Crippen molar-refractivity contribution >= 4 is 5.71 Å². The minimum absolute atomic E-state index is 0.237. The fourth-order valence-corrected chi connectivity index (χ4v) is 1.46. The molecule has 0 aromatic rings. The molecule has 1 atom stereocenters. The quantitative estimate of drug-likeness (QED) is 0.647. The Morgan fingerprint density at radius 1 is 1.50 bits per heavy atom. The van der Waals surface area contributed by atoms with Gasteiger partial charge in [-0.15, -0.1) is 0 Å². The van der Waals surface area contributed by atoms with Crippen LogP contribution in [0.4, 0.5) is 0 Å². The Hall–Kier alpha value is -0.370. The molecule has 0 saturated carbocycles. The first kappa shape index (κ1) is 11.6. The van der Waals surface area contributed by atoms with Gasteiger partial charge < -0.3 is 5.11 Å². The van der Waals surface area contributed by atoms with E-state index in [-0.39, 0.29) is 5.92 Å². The van der Waals surface area contributed by atoms with Crippen molar-refractivity contribution in [3.63, 3.8) is 0 Å². The lowest BCUT2D eigenvalue weighted by molar-refractivity contribution is 0.0535. The summed E-state index contributed by atoms with van der Waals surface area (Å²) in [7, 11) is 1.73. The van der Waals surface area contributed by atoms with E-state index in [0.717, 1.165) is 18.6 Å². The van der Waals surface area contributed by atoms with Gasteiger partial charge in [-0.2, -0.15) is 0 Å². The van der Waals surface area contributed by atoms with Crippen molar-refractivity contribution in [1.29, 1.82) is 0 Å². The summed E-state index contributed by atoms with van der Waals surface area (Å²) >= 11 is 0. The standard InChI is InChI=1S/C10H21NO/c1-6-7-10(12,8(2)3)9(4)11-5/h8,12H,6-7H2,1-5H3. The average molecular weight is 171 g/mol. The van der Waals surface area contributed by atoms with Crippen molar-refractivity contribution in [1.82, 2.24) is 0 Å². The highest BCUT2D eigenvalue weighted by Gasteiger charge is 2.32. The van der Waals surface area contributed by atoms with Crippen molar-refractivity contribution in [2.24, 2.45) is 10.9 Å². The van der Waals surface area contributed by atoms with Crippen LogP contribution in [0.25, 0.3) is 0 Å². The topological polar surface area (TPSA) is 32.6 Å². The summed E-state index contributed by atoms with van der Waals surface area (Å²) in [6, 6.07) is 0. The molecule has 0 aliphatic rings. The summed E-state index contributed by atoms with van der Waals surface area (Å²) in [6.45, 7) is 8.04. The smallest absolute Gasteiger partial charge is 0.104 e. The van der Waals surface area contributed by atoms with Gasteiger partial charge in [-0.1, -0.05) is 27.2 Å². The van der Waals surface area contributed by atoms with Gasteiger partial charge in [0.25, 0.3) is 0 Å². The van der Waals surface area contributed by atoms with Crippen LogP contribution in [0.2, 0.25) is 0 Å². The molecule has 2 nitrogen and oxygen atoms in total. The second-order valence-electron chi connectivity index (χ2n) is 3.64. The Kier molecular flexibility index (Phi) is 4.46. The van der Waals surface area contributed by atoms with Crippen LogP contribution in [-0.4, -0.2) is 23.5 Å². The summed E-state index contributed by atoms with van der Waals surface area (Å²) in [4.78, 5) is 4.07. The molecule has 0 rings (SSSR count). The van der Waals surface area contributed by atoms with Gasteiger partial charge >= 0.3 is 0 Å². The van der Waals surface area contributed by atoms with E-state index in [4.69, 9.17) is 0 Å². The third-order valence-electron chi connectivity index (χ3n) is 2.55. The highest BCUT2D eigenvalue weighted by atomic mass is 16.3. The largest absolute Gasteiger partial charge is 0.384 e. The minimum Gasteiger partial charge on any atom is -0.384 e. The van der Waals surface area contributed by atoms with E-state index in [1.807, 2.05) is 20.8 Å². The average Bonchev–Trinajstić information content (AvgIpc) is 2.03. The van der Waals surface area contributed by atoms with Crippen LogP contribution in [0.15, 0.2) is 4.99 Å². The molecule has 0 radical (unpaired) electrons. The normalized spacial score (nSPS) is 18.1. The number of hydrogen-bond donors (Lipinski definition) is 1. The maximum atomic E-state index is 10.2. The fraction of sp³-hybridized carbons (Fsp3) is 0.900. The summed E-state index contributed by atoms with van der Waals surface area (Å²) in [5.74, 6) is 0.237. The van der Waals surface area contributed by atoms with Gasteiger partial charge in [0.1, 0.15) is 5.60 Å². The summed E-state index contributed by atoms with van der Waals surface area (Å²) in [6.07, 6.45) is 1.79. The van der Waals surface area contributed by atoms with Crippen molar-refractivity contribution in [2.45, 2.75) is 46.1 Å². The molecule has 0 heterocycles. The van der Waals surface area contributed by atoms with E-state index in [1.165, 1.54) is 0 Å². The predicted octanol–water partition coefficient (Wildman–Crippen LogP) is 2.26. The second kappa shape index (κ2) is 4.61. The molecular weight excluding hydrogens is 150 g/mol. The zero-order valence-corrected chi connectivity index (χ0v) is 8.89. The lowest BCUT2D eigenvalue weighted by Gasteiger charge is -2.31. The van der Waals surface area contributed by atoms with Gasteiger partial charge in [-0.05, 0) is 19.3 Å². The molecule has 12 heavy (non-hydrogen) atoms. The van der Waals surface area contributed by atoms with E-state index in [2.05, 4.69) is 11.9 Å². The Balaban J connectivity index is 4.61. The zero-order chi connectivity index (χ0) is 9.78. The maximum Gasteiger partial charge on any atom is 0.104 e. The fourth-order valence-electron chi connectivity index (χ4n) is 1.46. The van der Waals surface area contributed by atoms with Gasteiger partial charge in [0.2, 0.25) is 0 Å². The second-order valence-corrected chi connectivity index (χ2v) is 3.64. The third kappa shape index (κ3) is 2.31. The first-order valence-electron chi connectivity index (χ1n) is 4.65. The molecule has 0 bridgehead atoms. The molecule has 0 aliphatic carbocycles. The highest BCUT2D eigenvalue weighted by Crippen LogP contribution is 2.24. The molecular formula is C10H21NO. The van der Waals surface area contributed by atoms with E-state index in [9.17, 15) is 5.11 Å². The molecule has 0 saturated heterocycles. The van der Waals surface area contributed by atoms with Crippen molar-refractivity contribution in [3.05, 3.63) is 0 Å². The van der Waals surface area contributed by atoms with Crippen LogP contribution in [0.3, 0.4) is 0 Å². The van der Waals surface area contributed by atoms with E-state index in [1.54, 1.807) is 7.05 Å². The van der Waals surface area contributed by atoms with Crippen molar-refractivity contribution in [2.75, 3.05) is 7.05 Å². The SMILES string of the molecule is CCCC(O)(C(C)=NC)C(C)C. The lowest BCUT2D eigenvalue weighted by Crippen LogP contribution is -2.42. The first-order chi connectivity index (χ1) is 5.49. The molecule has 0 aliphatic heterocycles. The number of hydrogen-bond acceptors (Lipinski definition) is 2. The Morgan fingerprint density at radius 2 is 2.00 bits per heavy atom. The van der Waals surface area contributed by atoms with E-state index < -0.39 is 5.60 Å². The highest BCUT2D eigenvalue weighted by molar-refractivity contribution is 5.90. The van der Waals surface area contributed by atoms with Gasteiger partial charge in [-0.3, -0.25) is 4.99 Å². The number of nitrogens with zero attached hydrogens (tertiary/aromatic N) is 1. The summed E-state index contributed by atoms with van der Waals surface area (Å²) in [5.41, 5.74) is 0.156. The molecule has 0 fully saturated rings. The maximum absolute atomic E-state index is 10.2. The monoisotopic (exact) mass is 171 g/mol. The molecule has 2 heteroatoms. The van der Waals surface area contributed by atoms with Crippen molar-refractivity contribution < 1.29 is 5.11 Å². The van der Waals surface area contributed by atoms with Gasteiger partial charge in [0, 0.05) is 12.8 Å². The Morgan fingerprint density at radius 3 is 2.25 bits per heavy atom. The molecule has 0 aromatic carbocycles. The summed E-state index contributed by atoms with van der Waals surface area (Å²) in [5, 5.41) is 10.2. The molecule has 0 aromatic heterocycles. The molecule has 1 N–H and O–H groups in total. The summed E-state index contributed by atoms with van der Waals surface area (Å²) < 4.78 is 0. The molecule has 1 unspecified atom stereocenters. The van der Waals surface area contributed by atoms with Gasteiger partial charge in [0.05, 0.1) is 0 Å². The third-order valence-corrected chi connectivity index (χ3v) is 2.55. The van der Waals surface area contributed by atoms with E-state index in [0.29, 0.717) is 0 Å². The number of aliphatic hydroxyl groups is 1. The molecule has 0 spiro atoms. The van der Waals surface area contributed by atoms with E-state index >= 15 is 0 Å². The number of rotatable bonds is 4. The Labute approximate surface area is 75.7 Å². The minimum atomic E-state index is -0.691. The van der Waals surface area contributed by atoms with Crippen LogP contribution >= 0.6 is 0 Å². The lowest BCUT2D eigenvalue weighted by atomic mass is 9.82. The van der Waals surface area contributed by atoms with Crippen molar-refractivity contribution in [3.8, 4) is 0 Å². The zero-order valence-electron chi connectivity index (χ0n) is 8.89. The number of aliphatic imine (C=N–C) groups is 1. The Bertz CT molecular complexity index is 163. The first-order valence-corrected chi connectivity index (χ1v) is 4.65. The molecule has 0 amide bonds. The van der Waals surface area contributed by atoms with Crippen LogP contribution in [0.5, 0.6) is 0 Å². The van der Waals surface area contributed by atoms with Gasteiger partial charge in [0.15, 0.2) is 0 Å². The van der Waals surface area contributed by atoms with Crippen LogP contribution in [0.1, 0.15) is 40.5 Å². The predicted molar refractivity (Wildman–Crippen MR) is 53.7 cm³/mol. The van der Waals surface area contributed by atoms with Gasteiger partial charge in [-0.25, -0.2) is 0 Å². The van der Waals surface area contributed by atoms with Crippen LogP contribution in [0, 0.1) is 5.92 Å². The molecule has 72 valence electrons. The van der Waals surface area contributed by atoms with Crippen LogP contribution < -0.4 is 0 Å².